The van der Waals surface area contributed by atoms with Gasteiger partial charge in [0.1, 0.15) is 18.2 Å². The molecule has 1 heterocycles. The first-order valence-electron chi connectivity index (χ1n) is 7.03. The van der Waals surface area contributed by atoms with Crippen LogP contribution in [0.15, 0.2) is 18.2 Å². The molecule has 1 saturated heterocycles. The molecule has 1 aromatic rings. The molecule has 0 aromatic heterocycles. The molecule has 1 N–H and O–H groups in total. The fourth-order valence-electron chi connectivity index (χ4n) is 2.50. The lowest BCUT2D eigenvalue weighted by molar-refractivity contribution is 0.234. The molecule has 0 spiro atoms. The highest BCUT2D eigenvalue weighted by Gasteiger charge is 2.16. The number of likely N-dealkylation sites (tertiary alicyclic amines) is 1. The maximum absolute atomic E-state index is 13.9. The first-order valence-corrected chi connectivity index (χ1v) is 7.03. The van der Waals surface area contributed by atoms with E-state index in [0.29, 0.717) is 17.9 Å². The number of hydrogen-bond acceptors (Lipinski definition) is 3. The van der Waals surface area contributed by atoms with Gasteiger partial charge in [-0.3, -0.25) is 4.90 Å². The molecule has 1 fully saturated rings. The second kappa shape index (κ2) is 6.87. The maximum Gasteiger partial charge on any atom is 0.131 e. The van der Waals surface area contributed by atoms with Crippen LogP contribution in [0.5, 0.6) is 5.75 Å². The van der Waals surface area contributed by atoms with E-state index in [1.807, 2.05) is 20.0 Å². The molecule has 1 aliphatic rings. The molecule has 3 nitrogen and oxygen atoms in total. The smallest absolute Gasteiger partial charge is 0.131 e. The Balaban J connectivity index is 1.96. The van der Waals surface area contributed by atoms with E-state index in [1.54, 1.807) is 6.07 Å². The van der Waals surface area contributed by atoms with Gasteiger partial charge < -0.3 is 10.1 Å². The molecule has 19 heavy (non-hydrogen) atoms. The van der Waals surface area contributed by atoms with Crippen LogP contribution in [0, 0.1) is 5.82 Å². The number of ether oxygens (including phenoxy) is 1. The third-order valence-electron chi connectivity index (χ3n) is 3.74. The van der Waals surface area contributed by atoms with Crippen molar-refractivity contribution in [3.8, 4) is 5.75 Å². The lowest BCUT2D eigenvalue weighted by Gasteiger charge is -2.19. The van der Waals surface area contributed by atoms with Crippen molar-refractivity contribution in [2.24, 2.45) is 0 Å². The van der Waals surface area contributed by atoms with E-state index in [0.717, 1.165) is 19.6 Å². The van der Waals surface area contributed by atoms with Crippen molar-refractivity contribution in [3.63, 3.8) is 0 Å². The Kier molecular flexibility index (Phi) is 5.16. The lowest BCUT2D eigenvalue weighted by Crippen LogP contribution is -2.25. The highest BCUT2D eigenvalue weighted by Crippen LogP contribution is 2.27. The topological polar surface area (TPSA) is 24.5 Å². The van der Waals surface area contributed by atoms with Gasteiger partial charge in [0.05, 0.1) is 0 Å². The average molecular weight is 266 g/mol. The van der Waals surface area contributed by atoms with Gasteiger partial charge in [0.2, 0.25) is 0 Å². The molecular formula is C15H23FN2O. The summed E-state index contributed by atoms with van der Waals surface area (Å²) in [6, 6.07) is 4.97. The molecule has 2 rings (SSSR count). The van der Waals surface area contributed by atoms with Crippen LogP contribution >= 0.6 is 0 Å². The minimum atomic E-state index is -0.208. The number of rotatable bonds is 6. The standard InChI is InChI=1S/C15H23FN2O/c1-12(17-2)15-13(16)6-5-7-14(15)19-11-10-18-8-3-4-9-18/h5-7,12,17H,3-4,8-11H2,1-2H3. The summed E-state index contributed by atoms with van der Waals surface area (Å²) < 4.78 is 19.7. The lowest BCUT2D eigenvalue weighted by atomic mass is 10.1. The second-order valence-corrected chi connectivity index (χ2v) is 5.06. The molecule has 4 heteroatoms. The van der Waals surface area contributed by atoms with Gasteiger partial charge in [0.25, 0.3) is 0 Å². The van der Waals surface area contributed by atoms with Gasteiger partial charge in [-0.25, -0.2) is 4.39 Å². The molecule has 0 aliphatic carbocycles. The van der Waals surface area contributed by atoms with Crippen molar-refractivity contribution in [2.45, 2.75) is 25.8 Å². The van der Waals surface area contributed by atoms with E-state index in [9.17, 15) is 4.39 Å². The highest BCUT2D eigenvalue weighted by molar-refractivity contribution is 5.36. The van der Waals surface area contributed by atoms with Crippen molar-refractivity contribution in [3.05, 3.63) is 29.6 Å². The average Bonchev–Trinajstić information content (AvgIpc) is 2.91. The molecule has 0 bridgehead atoms. The number of halogens is 1. The molecule has 1 atom stereocenters. The Morgan fingerprint density at radius 3 is 2.79 bits per heavy atom. The molecule has 106 valence electrons. The van der Waals surface area contributed by atoms with E-state index in [1.165, 1.54) is 18.9 Å². The summed E-state index contributed by atoms with van der Waals surface area (Å²) in [5.41, 5.74) is 0.617. The molecule has 0 saturated carbocycles. The van der Waals surface area contributed by atoms with Crippen LogP contribution in [-0.4, -0.2) is 38.2 Å². The number of hydrogen-bond donors (Lipinski definition) is 1. The highest BCUT2D eigenvalue weighted by atomic mass is 19.1. The predicted molar refractivity (Wildman–Crippen MR) is 75.0 cm³/mol. The van der Waals surface area contributed by atoms with Crippen molar-refractivity contribution in [2.75, 3.05) is 33.3 Å². The van der Waals surface area contributed by atoms with Crippen LogP contribution < -0.4 is 10.1 Å². The summed E-state index contributed by atoms with van der Waals surface area (Å²) in [5, 5.41) is 3.06. The van der Waals surface area contributed by atoms with Crippen LogP contribution in [0.25, 0.3) is 0 Å². The zero-order valence-electron chi connectivity index (χ0n) is 11.8. The Morgan fingerprint density at radius 2 is 2.11 bits per heavy atom. The molecule has 0 amide bonds. The van der Waals surface area contributed by atoms with Gasteiger partial charge in [-0.15, -0.1) is 0 Å². The maximum atomic E-state index is 13.9. The monoisotopic (exact) mass is 266 g/mol. The fourth-order valence-corrected chi connectivity index (χ4v) is 2.50. The van der Waals surface area contributed by atoms with E-state index in [-0.39, 0.29) is 11.9 Å². The summed E-state index contributed by atoms with van der Waals surface area (Å²) in [7, 11) is 1.82. The number of nitrogens with zero attached hydrogens (tertiary/aromatic N) is 1. The minimum Gasteiger partial charge on any atom is -0.492 e. The Morgan fingerprint density at radius 1 is 1.37 bits per heavy atom. The molecular weight excluding hydrogens is 243 g/mol. The van der Waals surface area contributed by atoms with Gasteiger partial charge in [0, 0.05) is 18.2 Å². The summed E-state index contributed by atoms with van der Waals surface area (Å²) in [6.07, 6.45) is 2.56. The number of benzene rings is 1. The van der Waals surface area contributed by atoms with Crippen molar-refractivity contribution < 1.29 is 9.13 Å². The van der Waals surface area contributed by atoms with Gasteiger partial charge in [0.15, 0.2) is 0 Å². The minimum absolute atomic E-state index is 0.0528. The van der Waals surface area contributed by atoms with Crippen LogP contribution in [0.4, 0.5) is 4.39 Å². The quantitative estimate of drug-likeness (QED) is 0.856. The van der Waals surface area contributed by atoms with Gasteiger partial charge in [-0.05, 0) is 52.0 Å². The fraction of sp³-hybridized carbons (Fsp3) is 0.600. The summed E-state index contributed by atoms with van der Waals surface area (Å²) in [5.74, 6) is 0.446. The Bertz CT molecular complexity index is 405. The van der Waals surface area contributed by atoms with Crippen LogP contribution in [0.3, 0.4) is 0 Å². The van der Waals surface area contributed by atoms with Crippen molar-refractivity contribution in [1.82, 2.24) is 10.2 Å². The molecule has 1 aliphatic heterocycles. The van der Waals surface area contributed by atoms with Crippen LogP contribution in [-0.2, 0) is 0 Å². The van der Waals surface area contributed by atoms with E-state index in [2.05, 4.69) is 10.2 Å². The summed E-state index contributed by atoms with van der Waals surface area (Å²) in [4.78, 5) is 2.39. The Hall–Kier alpha value is -1.13. The predicted octanol–water partition coefficient (Wildman–Crippen LogP) is 2.58. The molecule has 0 radical (unpaired) electrons. The largest absolute Gasteiger partial charge is 0.492 e. The van der Waals surface area contributed by atoms with E-state index < -0.39 is 0 Å². The van der Waals surface area contributed by atoms with E-state index in [4.69, 9.17) is 4.74 Å². The first kappa shape index (κ1) is 14.3. The van der Waals surface area contributed by atoms with Gasteiger partial charge in [-0.2, -0.15) is 0 Å². The summed E-state index contributed by atoms with van der Waals surface area (Å²) in [6.45, 7) is 5.79. The Labute approximate surface area is 114 Å². The second-order valence-electron chi connectivity index (χ2n) is 5.06. The summed E-state index contributed by atoms with van der Waals surface area (Å²) >= 11 is 0. The molecule has 1 aromatic carbocycles. The third kappa shape index (κ3) is 3.67. The molecule has 1 unspecified atom stereocenters. The van der Waals surface area contributed by atoms with Crippen molar-refractivity contribution in [1.29, 1.82) is 0 Å². The van der Waals surface area contributed by atoms with Crippen molar-refractivity contribution >= 4 is 0 Å². The van der Waals surface area contributed by atoms with Crippen LogP contribution in [0.1, 0.15) is 31.4 Å². The van der Waals surface area contributed by atoms with Crippen LogP contribution in [0.2, 0.25) is 0 Å². The zero-order valence-corrected chi connectivity index (χ0v) is 11.8. The van der Waals surface area contributed by atoms with E-state index >= 15 is 0 Å². The number of nitrogens with one attached hydrogen (secondary N) is 1. The zero-order chi connectivity index (χ0) is 13.7. The van der Waals surface area contributed by atoms with Gasteiger partial charge in [-0.1, -0.05) is 6.07 Å². The first-order chi connectivity index (χ1) is 9.22. The third-order valence-corrected chi connectivity index (χ3v) is 3.74. The van der Waals surface area contributed by atoms with Gasteiger partial charge >= 0.3 is 0 Å². The SMILES string of the molecule is CNC(C)c1c(F)cccc1OCCN1CCCC1. The normalized spacial score (nSPS) is 17.6.